The van der Waals surface area contributed by atoms with Crippen molar-refractivity contribution in [3.05, 3.63) is 54.4 Å². The van der Waals surface area contributed by atoms with Gasteiger partial charge in [-0.1, -0.05) is 13.0 Å². The zero-order valence-electron chi connectivity index (χ0n) is 9.87. The maximum absolute atomic E-state index is 4.33. The van der Waals surface area contributed by atoms with Gasteiger partial charge in [-0.2, -0.15) is 0 Å². The summed E-state index contributed by atoms with van der Waals surface area (Å²) in [5.74, 6) is 0.819. The lowest BCUT2D eigenvalue weighted by Gasteiger charge is -2.15. The number of hydrogen-bond donors (Lipinski definition) is 1. The third-order valence-corrected chi connectivity index (χ3v) is 2.49. The van der Waals surface area contributed by atoms with Crippen LogP contribution < -0.4 is 5.32 Å². The number of rotatable bonds is 5. The molecule has 2 heterocycles. The SMILES string of the molecule is CCNC(Cc1ccccn1)c1ncccn1. The van der Waals surface area contributed by atoms with E-state index in [0.29, 0.717) is 0 Å². The molecule has 0 aliphatic rings. The summed E-state index contributed by atoms with van der Waals surface area (Å²) in [6, 6.07) is 7.89. The van der Waals surface area contributed by atoms with E-state index in [0.717, 1.165) is 24.5 Å². The highest BCUT2D eigenvalue weighted by atomic mass is 15.0. The minimum Gasteiger partial charge on any atom is -0.307 e. The van der Waals surface area contributed by atoms with Crippen LogP contribution in [-0.2, 0) is 6.42 Å². The third kappa shape index (κ3) is 3.32. The molecule has 2 aromatic heterocycles. The number of nitrogens with one attached hydrogen (secondary N) is 1. The number of likely N-dealkylation sites (N-methyl/N-ethyl adjacent to an activating group) is 1. The maximum atomic E-state index is 4.33. The lowest BCUT2D eigenvalue weighted by atomic mass is 10.1. The highest BCUT2D eigenvalue weighted by Gasteiger charge is 2.13. The average molecular weight is 228 g/mol. The molecule has 0 aliphatic carbocycles. The smallest absolute Gasteiger partial charge is 0.145 e. The van der Waals surface area contributed by atoms with Gasteiger partial charge in [0.15, 0.2) is 0 Å². The van der Waals surface area contributed by atoms with Crippen LogP contribution in [0.2, 0.25) is 0 Å². The Morgan fingerprint density at radius 3 is 2.47 bits per heavy atom. The van der Waals surface area contributed by atoms with Gasteiger partial charge in [0, 0.05) is 30.7 Å². The van der Waals surface area contributed by atoms with Gasteiger partial charge in [-0.05, 0) is 24.7 Å². The first-order valence-electron chi connectivity index (χ1n) is 5.80. The molecule has 17 heavy (non-hydrogen) atoms. The van der Waals surface area contributed by atoms with Crippen molar-refractivity contribution in [2.24, 2.45) is 0 Å². The largest absolute Gasteiger partial charge is 0.307 e. The van der Waals surface area contributed by atoms with Crippen LogP contribution in [0, 0.1) is 0 Å². The van der Waals surface area contributed by atoms with Gasteiger partial charge in [0.1, 0.15) is 5.82 Å². The van der Waals surface area contributed by atoms with Crippen LogP contribution in [0.25, 0.3) is 0 Å². The molecule has 0 spiro atoms. The zero-order chi connectivity index (χ0) is 11.9. The van der Waals surface area contributed by atoms with Crippen molar-refractivity contribution in [1.29, 1.82) is 0 Å². The van der Waals surface area contributed by atoms with Gasteiger partial charge in [0.25, 0.3) is 0 Å². The van der Waals surface area contributed by atoms with Crippen LogP contribution in [0.15, 0.2) is 42.9 Å². The second kappa shape index (κ2) is 6.06. The molecule has 0 fully saturated rings. The Kier molecular flexibility index (Phi) is 4.16. The summed E-state index contributed by atoms with van der Waals surface area (Å²) in [7, 11) is 0. The second-order valence-corrected chi connectivity index (χ2v) is 3.74. The van der Waals surface area contributed by atoms with Gasteiger partial charge in [-0.15, -0.1) is 0 Å². The van der Waals surface area contributed by atoms with Gasteiger partial charge in [0.05, 0.1) is 6.04 Å². The van der Waals surface area contributed by atoms with Crippen molar-refractivity contribution < 1.29 is 0 Å². The van der Waals surface area contributed by atoms with Gasteiger partial charge < -0.3 is 5.32 Å². The second-order valence-electron chi connectivity index (χ2n) is 3.74. The molecule has 1 N–H and O–H groups in total. The monoisotopic (exact) mass is 228 g/mol. The van der Waals surface area contributed by atoms with Crippen LogP contribution in [0.3, 0.4) is 0 Å². The summed E-state index contributed by atoms with van der Waals surface area (Å²) in [4.78, 5) is 12.9. The minimum absolute atomic E-state index is 0.121. The number of nitrogens with zero attached hydrogens (tertiary/aromatic N) is 3. The lowest BCUT2D eigenvalue weighted by Crippen LogP contribution is -2.25. The fourth-order valence-corrected chi connectivity index (χ4v) is 1.72. The summed E-state index contributed by atoms with van der Waals surface area (Å²) in [5, 5.41) is 3.38. The summed E-state index contributed by atoms with van der Waals surface area (Å²) in [6.45, 7) is 2.96. The molecule has 2 rings (SSSR count). The van der Waals surface area contributed by atoms with Crippen LogP contribution in [0.1, 0.15) is 24.5 Å². The molecule has 88 valence electrons. The normalized spacial score (nSPS) is 12.3. The van der Waals surface area contributed by atoms with E-state index in [1.807, 2.05) is 30.5 Å². The molecule has 0 saturated carbocycles. The molecule has 0 saturated heterocycles. The fourth-order valence-electron chi connectivity index (χ4n) is 1.72. The predicted molar refractivity (Wildman–Crippen MR) is 66.4 cm³/mol. The first-order chi connectivity index (χ1) is 8.40. The van der Waals surface area contributed by atoms with Crippen molar-refractivity contribution in [3.8, 4) is 0 Å². The minimum atomic E-state index is 0.121. The average Bonchev–Trinajstić information content (AvgIpc) is 2.40. The molecule has 0 amide bonds. The summed E-state index contributed by atoms with van der Waals surface area (Å²) in [5.41, 5.74) is 1.05. The first-order valence-corrected chi connectivity index (χ1v) is 5.80. The van der Waals surface area contributed by atoms with Crippen molar-refractivity contribution in [1.82, 2.24) is 20.3 Å². The van der Waals surface area contributed by atoms with Crippen LogP contribution in [0.4, 0.5) is 0 Å². The summed E-state index contributed by atoms with van der Waals surface area (Å²) < 4.78 is 0. The zero-order valence-corrected chi connectivity index (χ0v) is 9.87. The highest BCUT2D eigenvalue weighted by molar-refractivity contribution is 5.08. The van der Waals surface area contributed by atoms with E-state index < -0.39 is 0 Å². The van der Waals surface area contributed by atoms with Crippen LogP contribution in [-0.4, -0.2) is 21.5 Å². The number of pyridine rings is 1. The third-order valence-electron chi connectivity index (χ3n) is 2.49. The first kappa shape index (κ1) is 11.7. The Bertz CT molecular complexity index is 430. The predicted octanol–water partition coefficient (Wildman–Crippen LogP) is 1.76. The molecular weight excluding hydrogens is 212 g/mol. The highest BCUT2D eigenvalue weighted by Crippen LogP contribution is 2.12. The van der Waals surface area contributed by atoms with Gasteiger partial charge in [-0.25, -0.2) is 9.97 Å². The lowest BCUT2D eigenvalue weighted by molar-refractivity contribution is 0.516. The standard InChI is InChI=1S/C13H16N4/c1-2-14-12(13-16-8-5-9-17-13)10-11-6-3-4-7-15-11/h3-9,12,14H,2,10H2,1H3. The molecular formula is C13H16N4. The van der Waals surface area contributed by atoms with Gasteiger partial charge in [0.2, 0.25) is 0 Å². The molecule has 1 unspecified atom stereocenters. The molecule has 0 aromatic carbocycles. The van der Waals surface area contributed by atoms with E-state index in [9.17, 15) is 0 Å². The molecule has 4 nitrogen and oxygen atoms in total. The van der Waals surface area contributed by atoms with E-state index >= 15 is 0 Å². The van der Waals surface area contributed by atoms with Crippen molar-refractivity contribution in [2.75, 3.05) is 6.54 Å². The molecule has 2 aromatic rings. The molecule has 1 atom stereocenters. The number of hydrogen-bond acceptors (Lipinski definition) is 4. The Morgan fingerprint density at radius 2 is 1.82 bits per heavy atom. The van der Waals surface area contributed by atoms with Crippen LogP contribution in [0.5, 0.6) is 0 Å². The van der Waals surface area contributed by atoms with Crippen molar-refractivity contribution >= 4 is 0 Å². The maximum Gasteiger partial charge on any atom is 0.145 e. The Hall–Kier alpha value is -1.81. The van der Waals surface area contributed by atoms with Crippen molar-refractivity contribution in [2.45, 2.75) is 19.4 Å². The molecule has 4 heteroatoms. The van der Waals surface area contributed by atoms with Gasteiger partial charge >= 0.3 is 0 Å². The molecule has 0 aliphatic heterocycles. The van der Waals surface area contributed by atoms with Crippen molar-refractivity contribution in [3.63, 3.8) is 0 Å². The van der Waals surface area contributed by atoms with Gasteiger partial charge in [-0.3, -0.25) is 4.98 Å². The Labute approximate surface area is 101 Å². The Balaban J connectivity index is 2.13. The van der Waals surface area contributed by atoms with E-state index in [1.54, 1.807) is 12.4 Å². The fraction of sp³-hybridized carbons (Fsp3) is 0.308. The van der Waals surface area contributed by atoms with E-state index in [4.69, 9.17) is 0 Å². The quantitative estimate of drug-likeness (QED) is 0.847. The number of aromatic nitrogens is 3. The topological polar surface area (TPSA) is 50.7 Å². The van der Waals surface area contributed by atoms with E-state index in [2.05, 4.69) is 27.2 Å². The van der Waals surface area contributed by atoms with E-state index in [1.165, 1.54) is 0 Å². The van der Waals surface area contributed by atoms with E-state index in [-0.39, 0.29) is 6.04 Å². The molecule has 0 bridgehead atoms. The van der Waals surface area contributed by atoms with Crippen LogP contribution >= 0.6 is 0 Å². The Morgan fingerprint density at radius 1 is 1.06 bits per heavy atom. The summed E-state index contributed by atoms with van der Waals surface area (Å²) >= 11 is 0. The molecule has 0 radical (unpaired) electrons. The summed E-state index contributed by atoms with van der Waals surface area (Å²) in [6.07, 6.45) is 6.15.